The molecule has 31 heavy (non-hydrogen) atoms. The van der Waals surface area contributed by atoms with Crippen LogP contribution in [0.3, 0.4) is 0 Å². The fourth-order valence-corrected chi connectivity index (χ4v) is 4.91. The van der Waals surface area contributed by atoms with Crippen molar-refractivity contribution in [2.24, 2.45) is 0 Å². The molecule has 1 aliphatic heterocycles. The van der Waals surface area contributed by atoms with Gasteiger partial charge in [-0.15, -0.1) is 0 Å². The first-order chi connectivity index (χ1) is 14.5. The Kier molecular flexibility index (Phi) is 5.15. The van der Waals surface area contributed by atoms with Crippen LogP contribution >= 0.6 is 0 Å². The van der Waals surface area contributed by atoms with Crippen LogP contribution in [0.15, 0.2) is 27.9 Å². The van der Waals surface area contributed by atoms with Crippen LogP contribution in [0.25, 0.3) is 5.78 Å². The highest BCUT2D eigenvalue weighted by atomic mass is 32.2. The van der Waals surface area contributed by atoms with Crippen LogP contribution in [-0.4, -0.2) is 58.2 Å². The minimum atomic E-state index is -3.53. The Bertz CT molecular complexity index is 1250. The quantitative estimate of drug-likeness (QED) is 0.609. The predicted molar refractivity (Wildman–Crippen MR) is 114 cm³/mol. The fourth-order valence-electron chi connectivity index (χ4n) is 4.03. The molecule has 166 valence electrons. The number of carbonyl (C=O) groups is 1. The number of nitrogens with zero attached hydrogens (tertiary/aromatic N) is 5. The van der Waals surface area contributed by atoms with Crippen molar-refractivity contribution in [3.63, 3.8) is 0 Å². The molecule has 4 heterocycles. The van der Waals surface area contributed by atoms with Gasteiger partial charge in [-0.25, -0.2) is 13.4 Å². The van der Waals surface area contributed by atoms with Crippen molar-refractivity contribution in [2.45, 2.75) is 56.8 Å². The van der Waals surface area contributed by atoms with E-state index < -0.39 is 9.84 Å². The van der Waals surface area contributed by atoms with Crippen molar-refractivity contribution < 1.29 is 17.6 Å². The van der Waals surface area contributed by atoms with E-state index >= 15 is 0 Å². The maximum Gasteiger partial charge on any atom is 0.289 e. The Hall–Kier alpha value is -2.75. The molecule has 1 saturated heterocycles. The van der Waals surface area contributed by atoms with E-state index in [1.54, 1.807) is 4.90 Å². The smallest absolute Gasteiger partial charge is 0.289 e. The lowest BCUT2D eigenvalue weighted by Gasteiger charge is -2.33. The lowest BCUT2D eigenvalue weighted by Crippen LogP contribution is -2.40. The minimum absolute atomic E-state index is 0.119. The molecule has 0 spiro atoms. The molecule has 0 bridgehead atoms. The number of hydrogen-bond acceptors (Lipinski definition) is 7. The summed E-state index contributed by atoms with van der Waals surface area (Å²) in [6.07, 6.45) is 5.31. The zero-order valence-corrected chi connectivity index (χ0v) is 19.2. The van der Waals surface area contributed by atoms with Crippen LogP contribution in [-0.2, 0) is 15.3 Å². The van der Waals surface area contributed by atoms with Crippen LogP contribution < -0.4 is 0 Å². The summed E-state index contributed by atoms with van der Waals surface area (Å²) < 4.78 is 32.3. The molecule has 0 aliphatic carbocycles. The minimum Gasteiger partial charge on any atom is -0.455 e. The SMILES string of the molecule is Cc1cc(C(C)(C)C)oc1C(=O)N1CCC[C@H](c2c(S(C)(=O)=O)cnc3ncnn23)C1. The summed E-state index contributed by atoms with van der Waals surface area (Å²) in [5, 5.41) is 4.20. The van der Waals surface area contributed by atoms with E-state index in [-0.39, 0.29) is 22.1 Å². The molecule has 3 aromatic rings. The molecule has 1 atom stereocenters. The number of likely N-dealkylation sites (tertiary alicyclic amines) is 1. The van der Waals surface area contributed by atoms with Gasteiger partial charge in [-0.1, -0.05) is 20.8 Å². The third kappa shape index (κ3) is 3.96. The maximum atomic E-state index is 13.3. The maximum absolute atomic E-state index is 13.3. The summed E-state index contributed by atoms with van der Waals surface area (Å²) in [6.45, 7) is 8.93. The van der Waals surface area contributed by atoms with Gasteiger partial charge in [-0.2, -0.15) is 14.6 Å². The number of aryl methyl sites for hydroxylation is 1. The van der Waals surface area contributed by atoms with Gasteiger partial charge in [0.05, 0.1) is 11.9 Å². The lowest BCUT2D eigenvalue weighted by atomic mass is 9.93. The molecule has 9 nitrogen and oxygen atoms in total. The number of piperidine rings is 1. The largest absolute Gasteiger partial charge is 0.455 e. The second kappa shape index (κ2) is 7.44. The number of furan rings is 1. The van der Waals surface area contributed by atoms with Crippen LogP contribution in [0.4, 0.5) is 0 Å². The van der Waals surface area contributed by atoms with Crippen molar-refractivity contribution in [3.05, 3.63) is 41.4 Å². The predicted octanol–water partition coefficient (Wildman–Crippen LogP) is 2.75. The van der Waals surface area contributed by atoms with Crippen molar-refractivity contribution in [3.8, 4) is 0 Å². The van der Waals surface area contributed by atoms with Gasteiger partial charge in [0.1, 0.15) is 17.0 Å². The van der Waals surface area contributed by atoms with Gasteiger partial charge in [0, 0.05) is 36.2 Å². The second-order valence-electron chi connectivity index (χ2n) is 9.21. The van der Waals surface area contributed by atoms with E-state index in [1.165, 1.54) is 17.0 Å². The van der Waals surface area contributed by atoms with E-state index in [4.69, 9.17) is 4.42 Å². The monoisotopic (exact) mass is 445 g/mol. The molecule has 1 fully saturated rings. The second-order valence-corrected chi connectivity index (χ2v) is 11.2. The van der Waals surface area contributed by atoms with Crippen molar-refractivity contribution in [2.75, 3.05) is 19.3 Å². The third-order valence-corrected chi connectivity index (χ3v) is 6.77. The molecule has 10 heteroatoms. The average Bonchev–Trinajstić information content (AvgIpc) is 3.32. The normalized spacial score (nSPS) is 18.0. The topological polar surface area (TPSA) is 111 Å². The summed E-state index contributed by atoms with van der Waals surface area (Å²) in [5.74, 6) is 1.05. The van der Waals surface area contributed by atoms with Crippen molar-refractivity contribution in [1.82, 2.24) is 24.5 Å². The molecule has 0 unspecified atom stereocenters. The van der Waals surface area contributed by atoms with Gasteiger partial charge >= 0.3 is 0 Å². The molecule has 4 rings (SSSR count). The Balaban J connectivity index is 1.70. The van der Waals surface area contributed by atoms with Gasteiger partial charge in [0.25, 0.3) is 11.7 Å². The number of hydrogen-bond donors (Lipinski definition) is 0. The highest BCUT2D eigenvalue weighted by molar-refractivity contribution is 7.90. The Morgan fingerprint density at radius 3 is 2.65 bits per heavy atom. The number of amides is 1. The molecule has 0 radical (unpaired) electrons. The molecular formula is C21H27N5O4S. The highest BCUT2D eigenvalue weighted by Gasteiger charge is 2.33. The van der Waals surface area contributed by atoms with Crippen LogP contribution in [0, 0.1) is 6.92 Å². The van der Waals surface area contributed by atoms with Gasteiger partial charge in [-0.3, -0.25) is 4.79 Å². The summed E-state index contributed by atoms with van der Waals surface area (Å²) >= 11 is 0. The van der Waals surface area contributed by atoms with E-state index in [0.29, 0.717) is 30.3 Å². The summed E-state index contributed by atoms with van der Waals surface area (Å²) in [5.41, 5.74) is 1.12. The molecule has 1 aliphatic rings. The molecule has 0 aromatic carbocycles. The van der Waals surface area contributed by atoms with E-state index in [9.17, 15) is 13.2 Å². The van der Waals surface area contributed by atoms with Gasteiger partial charge in [0.2, 0.25) is 0 Å². The number of carbonyl (C=O) groups excluding carboxylic acids is 1. The van der Waals surface area contributed by atoms with Crippen molar-refractivity contribution >= 4 is 21.5 Å². The zero-order chi connectivity index (χ0) is 22.6. The number of aromatic nitrogens is 4. The highest BCUT2D eigenvalue weighted by Crippen LogP contribution is 2.33. The molecule has 0 N–H and O–H groups in total. The number of fused-ring (bicyclic) bond motifs is 1. The molecule has 3 aromatic heterocycles. The standard InChI is InChI=1S/C21H27N5O4S/c1-13-9-16(21(2,3)4)30-18(13)19(27)25-8-6-7-14(11-25)17-15(31(5,28)29)10-22-20-23-12-24-26(17)20/h9-10,12,14H,6-8,11H2,1-5H3/t14-/m0/s1. The molecular weight excluding hydrogens is 418 g/mol. The third-order valence-electron chi connectivity index (χ3n) is 5.65. The number of sulfone groups is 1. The first-order valence-corrected chi connectivity index (χ1v) is 12.1. The van der Waals surface area contributed by atoms with Crippen LogP contribution in [0.5, 0.6) is 0 Å². The first kappa shape index (κ1) is 21.5. The Morgan fingerprint density at radius 2 is 2.00 bits per heavy atom. The first-order valence-electron chi connectivity index (χ1n) is 10.3. The Morgan fingerprint density at radius 1 is 1.26 bits per heavy atom. The van der Waals surface area contributed by atoms with Gasteiger partial charge < -0.3 is 9.32 Å². The van der Waals surface area contributed by atoms with E-state index in [0.717, 1.165) is 30.4 Å². The summed E-state index contributed by atoms with van der Waals surface area (Å²) in [4.78, 5) is 23.4. The summed E-state index contributed by atoms with van der Waals surface area (Å²) in [6, 6.07) is 1.91. The van der Waals surface area contributed by atoms with Crippen LogP contribution in [0.2, 0.25) is 0 Å². The van der Waals surface area contributed by atoms with Gasteiger partial charge in [-0.05, 0) is 25.8 Å². The Labute approximate surface area is 181 Å². The van der Waals surface area contributed by atoms with E-state index in [1.807, 2.05) is 33.8 Å². The average molecular weight is 446 g/mol. The van der Waals surface area contributed by atoms with Gasteiger partial charge in [0.15, 0.2) is 15.6 Å². The summed E-state index contributed by atoms with van der Waals surface area (Å²) in [7, 11) is -3.53. The van der Waals surface area contributed by atoms with E-state index in [2.05, 4.69) is 15.1 Å². The zero-order valence-electron chi connectivity index (χ0n) is 18.4. The molecule has 1 amide bonds. The van der Waals surface area contributed by atoms with Crippen LogP contribution in [0.1, 0.15) is 67.1 Å². The lowest BCUT2D eigenvalue weighted by molar-refractivity contribution is 0.0667. The molecule has 0 saturated carbocycles. The van der Waals surface area contributed by atoms with Crippen molar-refractivity contribution in [1.29, 1.82) is 0 Å². The number of rotatable bonds is 3. The fraction of sp³-hybridized carbons (Fsp3) is 0.524.